The summed E-state index contributed by atoms with van der Waals surface area (Å²) < 4.78 is 39.4. The van der Waals surface area contributed by atoms with Gasteiger partial charge in [0, 0.05) is 18.6 Å². The first-order valence-electron chi connectivity index (χ1n) is 9.73. The summed E-state index contributed by atoms with van der Waals surface area (Å²) in [5.74, 6) is 0. The molecule has 1 saturated heterocycles. The van der Waals surface area contributed by atoms with E-state index in [2.05, 4.69) is 29.2 Å². The van der Waals surface area contributed by atoms with Gasteiger partial charge in [0.25, 0.3) is 0 Å². The van der Waals surface area contributed by atoms with Crippen LogP contribution < -0.4 is 5.73 Å². The van der Waals surface area contributed by atoms with Crippen molar-refractivity contribution in [2.45, 2.75) is 30.7 Å². The van der Waals surface area contributed by atoms with Crippen molar-refractivity contribution < 1.29 is 13.2 Å². The van der Waals surface area contributed by atoms with E-state index in [1.54, 1.807) is 6.07 Å². The fourth-order valence-corrected chi connectivity index (χ4v) is 4.12. The number of alkyl halides is 3. The average molecular weight is 396 g/mol. The second-order valence-corrected chi connectivity index (χ2v) is 7.47. The molecule has 29 heavy (non-hydrogen) atoms. The molecule has 2 atom stereocenters. The Labute approximate surface area is 168 Å². The minimum absolute atomic E-state index is 0.0213. The number of nitrogens with two attached hydrogens (primary N) is 1. The van der Waals surface area contributed by atoms with Crippen molar-refractivity contribution in [1.82, 2.24) is 4.90 Å². The van der Waals surface area contributed by atoms with Gasteiger partial charge in [-0.3, -0.25) is 4.90 Å². The molecule has 0 amide bonds. The van der Waals surface area contributed by atoms with Crippen molar-refractivity contribution in [1.29, 1.82) is 0 Å². The maximum absolute atomic E-state index is 13.1. The number of likely N-dealkylation sites (tertiary alicyclic amines) is 1. The molecular weight excluding hydrogens is 373 g/mol. The quantitative estimate of drug-likeness (QED) is 0.611. The minimum atomic E-state index is -4.37. The number of rotatable bonds is 5. The molecule has 0 aliphatic carbocycles. The van der Waals surface area contributed by atoms with E-state index in [0.717, 1.165) is 30.2 Å². The normalized spacial score (nSPS) is 18.4. The molecule has 0 spiro atoms. The molecule has 1 fully saturated rings. The lowest BCUT2D eigenvalue weighted by Gasteiger charge is -2.49. The zero-order valence-corrected chi connectivity index (χ0v) is 15.9. The first kappa shape index (κ1) is 19.7. The van der Waals surface area contributed by atoms with Gasteiger partial charge in [0.2, 0.25) is 0 Å². The van der Waals surface area contributed by atoms with E-state index in [0.29, 0.717) is 5.56 Å². The van der Waals surface area contributed by atoms with Gasteiger partial charge >= 0.3 is 6.18 Å². The van der Waals surface area contributed by atoms with Gasteiger partial charge in [-0.05, 0) is 35.2 Å². The zero-order chi connectivity index (χ0) is 20.4. The third-order valence-electron chi connectivity index (χ3n) is 5.68. The summed E-state index contributed by atoms with van der Waals surface area (Å²) in [4.78, 5) is 2.30. The molecule has 3 aromatic rings. The molecule has 2 nitrogen and oxygen atoms in total. The molecule has 0 unspecified atom stereocenters. The van der Waals surface area contributed by atoms with Crippen LogP contribution in [0.4, 0.5) is 13.2 Å². The van der Waals surface area contributed by atoms with Crippen LogP contribution in [0.1, 0.15) is 40.8 Å². The maximum atomic E-state index is 13.1. The Kier molecular flexibility index (Phi) is 5.43. The van der Waals surface area contributed by atoms with Crippen LogP contribution in [-0.2, 0) is 6.18 Å². The van der Waals surface area contributed by atoms with Gasteiger partial charge in [-0.15, -0.1) is 0 Å². The van der Waals surface area contributed by atoms with Crippen molar-refractivity contribution >= 4 is 0 Å². The zero-order valence-electron chi connectivity index (χ0n) is 15.9. The van der Waals surface area contributed by atoms with Crippen molar-refractivity contribution in [2.24, 2.45) is 5.73 Å². The molecule has 1 aliphatic rings. The minimum Gasteiger partial charge on any atom is -0.323 e. The van der Waals surface area contributed by atoms with Crippen molar-refractivity contribution in [2.75, 3.05) is 6.54 Å². The number of nitrogens with zero attached hydrogens (tertiary/aromatic N) is 1. The summed E-state index contributed by atoms with van der Waals surface area (Å²) in [6, 6.07) is 25.2. The lowest BCUT2D eigenvalue weighted by molar-refractivity contribution is -0.137. The Hall–Kier alpha value is -2.63. The lowest BCUT2D eigenvalue weighted by Crippen LogP contribution is -2.54. The predicted octanol–water partition coefficient (Wildman–Crippen LogP) is 5.57. The third kappa shape index (κ3) is 4.07. The van der Waals surface area contributed by atoms with Crippen molar-refractivity contribution in [3.05, 3.63) is 107 Å². The molecule has 0 aromatic heterocycles. The van der Waals surface area contributed by atoms with Crippen molar-refractivity contribution in [3.8, 4) is 0 Å². The number of benzene rings is 3. The number of halogens is 3. The molecule has 0 bridgehead atoms. The van der Waals surface area contributed by atoms with Gasteiger partial charge in [0.1, 0.15) is 0 Å². The largest absolute Gasteiger partial charge is 0.416 e. The summed E-state index contributed by atoms with van der Waals surface area (Å²) >= 11 is 0. The second kappa shape index (κ2) is 8.01. The van der Waals surface area contributed by atoms with Crippen LogP contribution in [0.15, 0.2) is 84.9 Å². The fourth-order valence-electron chi connectivity index (χ4n) is 4.12. The van der Waals surface area contributed by atoms with E-state index in [9.17, 15) is 13.2 Å². The van der Waals surface area contributed by atoms with E-state index < -0.39 is 17.8 Å². The molecule has 5 heteroatoms. The standard InChI is InChI=1S/C24H23F3N2/c25-24(26,27)20-13-7-12-19(16-20)22(28)21-14-15-29(21)23(17-8-3-1-4-9-17)18-10-5-2-6-11-18/h1-13,16,21-23H,14-15,28H2/t21-,22+/m0/s1. The fraction of sp³-hybridized carbons (Fsp3) is 0.250. The molecule has 0 saturated carbocycles. The molecule has 1 aliphatic heterocycles. The predicted molar refractivity (Wildman–Crippen MR) is 108 cm³/mol. The third-order valence-corrected chi connectivity index (χ3v) is 5.68. The summed E-state index contributed by atoms with van der Waals surface area (Å²) in [6.45, 7) is 0.853. The molecule has 0 radical (unpaired) electrons. The van der Waals surface area contributed by atoms with Gasteiger partial charge in [0.15, 0.2) is 0 Å². The Morgan fingerprint density at radius 2 is 1.34 bits per heavy atom. The first-order valence-corrected chi connectivity index (χ1v) is 9.73. The summed E-state index contributed by atoms with van der Waals surface area (Å²) in [6.07, 6.45) is -3.51. The van der Waals surface area contributed by atoms with Gasteiger partial charge in [0.05, 0.1) is 11.6 Å². The Morgan fingerprint density at radius 1 is 0.793 bits per heavy atom. The highest BCUT2D eigenvalue weighted by atomic mass is 19.4. The maximum Gasteiger partial charge on any atom is 0.416 e. The second-order valence-electron chi connectivity index (χ2n) is 7.47. The first-order chi connectivity index (χ1) is 13.9. The SMILES string of the molecule is N[C@H](c1cccc(C(F)(F)F)c1)[C@@H]1CCN1C(c1ccccc1)c1ccccc1. The van der Waals surface area contributed by atoms with E-state index in [4.69, 9.17) is 5.73 Å². The highest BCUT2D eigenvalue weighted by Gasteiger charge is 2.40. The summed E-state index contributed by atoms with van der Waals surface area (Å²) in [5, 5.41) is 0. The highest BCUT2D eigenvalue weighted by Crippen LogP contribution is 2.40. The molecule has 3 aromatic carbocycles. The molecule has 4 rings (SSSR count). The van der Waals surface area contributed by atoms with Crippen LogP contribution in [-0.4, -0.2) is 17.5 Å². The Balaban J connectivity index is 1.65. The van der Waals surface area contributed by atoms with E-state index >= 15 is 0 Å². The van der Waals surface area contributed by atoms with Gasteiger partial charge in [-0.1, -0.05) is 72.8 Å². The summed E-state index contributed by atoms with van der Waals surface area (Å²) in [5.41, 5.74) is 8.66. The van der Waals surface area contributed by atoms with Crippen LogP contribution in [0.25, 0.3) is 0 Å². The Bertz CT molecular complexity index is 902. The van der Waals surface area contributed by atoms with Crippen LogP contribution in [0, 0.1) is 0 Å². The molecular formula is C24H23F3N2. The average Bonchev–Trinajstić information content (AvgIpc) is 2.72. The molecule has 150 valence electrons. The van der Waals surface area contributed by atoms with Crippen LogP contribution in [0.2, 0.25) is 0 Å². The van der Waals surface area contributed by atoms with Crippen LogP contribution >= 0.6 is 0 Å². The lowest BCUT2D eigenvalue weighted by atomic mass is 9.85. The Morgan fingerprint density at radius 3 is 1.83 bits per heavy atom. The van der Waals surface area contributed by atoms with E-state index in [1.165, 1.54) is 12.1 Å². The number of hydrogen-bond acceptors (Lipinski definition) is 2. The van der Waals surface area contributed by atoms with Gasteiger partial charge in [-0.2, -0.15) is 13.2 Å². The molecule has 1 heterocycles. The van der Waals surface area contributed by atoms with Gasteiger partial charge in [-0.25, -0.2) is 0 Å². The topological polar surface area (TPSA) is 29.3 Å². The van der Waals surface area contributed by atoms with Gasteiger partial charge < -0.3 is 5.73 Å². The van der Waals surface area contributed by atoms with E-state index in [-0.39, 0.29) is 12.1 Å². The van der Waals surface area contributed by atoms with Crippen LogP contribution in [0.3, 0.4) is 0 Å². The van der Waals surface area contributed by atoms with Crippen molar-refractivity contribution in [3.63, 3.8) is 0 Å². The highest BCUT2D eigenvalue weighted by molar-refractivity contribution is 5.34. The smallest absolute Gasteiger partial charge is 0.323 e. The molecule has 2 N–H and O–H groups in total. The summed E-state index contributed by atoms with van der Waals surface area (Å²) in [7, 11) is 0. The van der Waals surface area contributed by atoms with E-state index in [1.807, 2.05) is 36.4 Å². The number of hydrogen-bond donors (Lipinski definition) is 1. The van der Waals surface area contributed by atoms with Crippen LogP contribution in [0.5, 0.6) is 0 Å². The monoisotopic (exact) mass is 396 g/mol.